The fraction of sp³-hybridized carbons (Fsp3) is 0.174. The topological polar surface area (TPSA) is 101 Å². The number of nitrogens with one attached hydrogen (secondary N) is 1. The van der Waals surface area contributed by atoms with Crippen molar-refractivity contribution in [1.82, 2.24) is 19.7 Å². The van der Waals surface area contributed by atoms with Crippen LogP contribution >= 0.6 is 0 Å². The minimum atomic E-state index is -3.79. The molecule has 0 radical (unpaired) electrons. The van der Waals surface area contributed by atoms with Crippen LogP contribution in [0.5, 0.6) is 0 Å². The zero-order chi connectivity index (χ0) is 22.7. The number of benzene rings is 1. The Morgan fingerprint density at radius 2 is 1.75 bits per heavy atom. The summed E-state index contributed by atoms with van der Waals surface area (Å²) >= 11 is 0. The second-order valence-corrected chi connectivity index (χ2v) is 9.11. The largest absolute Gasteiger partial charge is 0.294 e. The third-order valence-electron chi connectivity index (χ3n) is 5.19. The van der Waals surface area contributed by atoms with Crippen molar-refractivity contribution >= 4 is 15.7 Å². The van der Waals surface area contributed by atoms with E-state index in [1.165, 1.54) is 27.3 Å². The van der Waals surface area contributed by atoms with Crippen molar-refractivity contribution in [2.45, 2.75) is 25.2 Å². The lowest BCUT2D eigenvalue weighted by molar-refractivity contribution is 0.591. The summed E-state index contributed by atoms with van der Waals surface area (Å²) in [7, 11) is -3.79. The molecule has 164 valence electrons. The first-order valence-corrected chi connectivity index (χ1v) is 11.6. The minimum Gasteiger partial charge on any atom is -0.294 e. The maximum Gasteiger partial charge on any atom is 0.276 e. The van der Waals surface area contributed by atoms with E-state index in [-0.39, 0.29) is 17.0 Å². The Morgan fingerprint density at radius 3 is 2.38 bits per heavy atom. The van der Waals surface area contributed by atoms with E-state index in [1.54, 1.807) is 43.6 Å². The van der Waals surface area contributed by atoms with Gasteiger partial charge in [-0.2, -0.15) is 0 Å². The highest BCUT2D eigenvalue weighted by atomic mass is 32.2. The van der Waals surface area contributed by atoms with E-state index < -0.39 is 10.0 Å². The Bertz CT molecular complexity index is 1360. The number of nitrogens with zero attached hydrogens (tertiary/aromatic N) is 4. The van der Waals surface area contributed by atoms with Crippen molar-refractivity contribution in [2.24, 2.45) is 0 Å². The lowest BCUT2D eigenvalue weighted by Crippen LogP contribution is -2.30. The van der Waals surface area contributed by atoms with Crippen LogP contribution in [0.15, 0.2) is 82.9 Å². The number of anilines is 1. The van der Waals surface area contributed by atoms with Gasteiger partial charge in [-0.3, -0.25) is 19.2 Å². The summed E-state index contributed by atoms with van der Waals surface area (Å²) in [5, 5.41) is 3.03. The van der Waals surface area contributed by atoms with Crippen molar-refractivity contribution < 1.29 is 8.42 Å². The van der Waals surface area contributed by atoms with Crippen molar-refractivity contribution in [3.63, 3.8) is 0 Å². The number of hydrogen-bond acceptors (Lipinski definition) is 5. The van der Waals surface area contributed by atoms with Crippen LogP contribution in [-0.2, 0) is 16.4 Å². The molecule has 3 aromatic heterocycles. The highest BCUT2D eigenvalue weighted by Gasteiger charge is 2.24. The van der Waals surface area contributed by atoms with E-state index in [4.69, 9.17) is 0 Å². The van der Waals surface area contributed by atoms with Gasteiger partial charge in [0.25, 0.3) is 15.6 Å². The second-order valence-electron chi connectivity index (χ2n) is 7.25. The number of sulfonamides is 1. The summed E-state index contributed by atoms with van der Waals surface area (Å²) in [6.07, 6.45) is 5.12. The highest BCUT2D eigenvalue weighted by Crippen LogP contribution is 2.23. The number of aromatic amines is 1. The van der Waals surface area contributed by atoms with Crippen LogP contribution in [0.2, 0.25) is 0 Å². The fourth-order valence-electron chi connectivity index (χ4n) is 3.53. The Hall–Kier alpha value is -3.72. The van der Waals surface area contributed by atoms with Crippen molar-refractivity contribution in [3.8, 4) is 5.82 Å². The Labute approximate surface area is 186 Å². The monoisotopic (exact) mass is 449 g/mol. The summed E-state index contributed by atoms with van der Waals surface area (Å²) in [6, 6.07) is 15.6. The predicted octanol–water partition coefficient (Wildman–Crippen LogP) is 3.07. The molecule has 3 heterocycles. The van der Waals surface area contributed by atoms with E-state index in [0.29, 0.717) is 23.5 Å². The summed E-state index contributed by atoms with van der Waals surface area (Å²) in [5.74, 6) is 0.320. The number of aryl methyl sites for hydroxylation is 1. The molecule has 0 aliphatic heterocycles. The molecule has 0 aliphatic carbocycles. The van der Waals surface area contributed by atoms with E-state index in [1.807, 2.05) is 25.1 Å². The summed E-state index contributed by atoms with van der Waals surface area (Å²) in [4.78, 5) is 21.3. The number of para-hydroxylation sites is 1. The third kappa shape index (κ3) is 4.06. The van der Waals surface area contributed by atoms with Gasteiger partial charge < -0.3 is 0 Å². The van der Waals surface area contributed by atoms with Crippen LogP contribution in [-0.4, -0.2) is 34.7 Å². The van der Waals surface area contributed by atoms with Crippen LogP contribution in [0.25, 0.3) is 5.82 Å². The molecule has 32 heavy (non-hydrogen) atoms. The molecule has 1 N–H and O–H groups in total. The van der Waals surface area contributed by atoms with Crippen LogP contribution in [0, 0.1) is 6.92 Å². The van der Waals surface area contributed by atoms with Gasteiger partial charge >= 0.3 is 0 Å². The van der Waals surface area contributed by atoms with Gasteiger partial charge in [-0.25, -0.2) is 18.1 Å². The van der Waals surface area contributed by atoms with Gasteiger partial charge in [0.1, 0.15) is 4.90 Å². The zero-order valence-corrected chi connectivity index (χ0v) is 18.6. The summed E-state index contributed by atoms with van der Waals surface area (Å²) in [6.45, 7) is 3.88. The average Bonchev–Trinajstić information content (AvgIpc) is 3.09. The molecule has 9 heteroatoms. The molecule has 4 rings (SSSR count). The number of hydrogen-bond donors (Lipinski definition) is 1. The van der Waals surface area contributed by atoms with Gasteiger partial charge in [-0.1, -0.05) is 18.2 Å². The van der Waals surface area contributed by atoms with Crippen molar-refractivity contribution in [2.75, 3.05) is 10.8 Å². The molecule has 4 aromatic rings. The van der Waals surface area contributed by atoms with Crippen LogP contribution in [0.4, 0.5) is 5.69 Å². The van der Waals surface area contributed by atoms with Gasteiger partial charge in [0.15, 0.2) is 5.82 Å². The molecule has 0 amide bonds. The highest BCUT2D eigenvalue weighted by molar-refractivity contribution is 7.92. The number of aromatic nitrogens is 4. The van der Waals surface area contributed by atoms with Crippen molar-refractivity contribution in [3.05, 3.63) is 100 Å². The van der Waals surface area contributed by atoms with Crippen LogP contribution in [0.1, 0.15) is 23.7 Å². The lowest BCUT2D eigenvalue weighted by atomic mass is 10.1. The molecular formula is C23H23N5O3S. The summed E-state index contributed by atoms with van der Waals surface area (Å²) in [5.41, 5.74) is 2.68. The minimum absolute atomic E-state index is 0.0558. The van der Waals surface area contributed by atoms with Gasteiger partial charge in [0.2, 0.25) is 0 Å². The molecule has 0 spiro atoms. The van der Waals surface area contributed by atoms with Gasteiger partial charge in [0, 0.05) is 42.8 Å². The number of H-pyrrole nitrogens is 1. The standard InChI is InChI=1S/C23H23N5O3S/c1-3-27(19-7-5-4-6-8-19)32(30,31)20-9-10-22(25-16-20)28-23(29)21(17(2)26-28)15-18-11-13-24-14-12-18/h4-14,16,26H,3,15H2,1-2H3. The maximum absolute atomic E-state index is 13.1. The molecule has 0 saturated heterocycles. The fourth-order valence-corrected chi connectivity index (χ4v) is 4.95. The second kappa shape index (κ2) is 8.80. The SMILES string of the molecule is CCN(c1ccccc1)S(=O)(=O)c1ccc(-n2[nH]c(C)c(Cc3ccncc3)c2=O)nc1. The molecular weight excluding hydrogens is 426 g/mol. The first kappa shape index (κ1) is 21.5. The molecule has 0 bridgehead atoms. The van der Waals surface area contributed by atoms with E-state index >= 15 is 0 Å². The maximum atomic E-state index is 13.1. The molecule has 0 aliphatic rings. The Morgan fingerprint density at radius 1 is 1.03 bits per heavy atom. The third-order valence-corrected chi connectivity index (χ3v) is 7.08. The van der Waals surface area contributed by atoms with Gasteiger partial charge in [0.05, 0.1) is 5.69 Å². The van der Waals surface area contributed by atoms with Gasteiger partial charge in [-0.15, -0.1) is 0 Å². The first-order valence-electron chi connectivity index (χ1n) is 10.2. The Kier molecular flexibility index (Phi) is 5.91. The Balaban J connectivity index is 1.64. The number of pyridine rings is 2. The zero-order valence-electron chi connectivity index (χ0n) is 17.8. The lowest BCUT2D eigenvalue weighted by Gasteiger charge is -2.22. The van der Waals surface area contributed by atoms with E-state index in [2.05, 4.69) is 15.1 Å². The molecule has 0 unspecified atom stereocenters. The van der Waals surface area contributed by atoms with Crippen LogP contribution in [0.3, 0.4) is 0 Å². The average molecular weight is 450 g/mol. The summed E-state index contributed by atoms with van der Waals surface area (Å²) < 4.78 is 28.9. The number of rotatable bonds is 7. The quantitative estimate of drug-likeness (QED) is 0.467. The molecule has 0 atom stereocenters. The smallest absolute Gasteiger partial charge is 0.276 e. The molecule has 8 nitrogen and oxygen atoms in total. The normalized spacial score (nSPS) is 11.4. The van der Waals surface area contributed by atoms with E-state index in [0.717, 1.165) is 11.3 Å². The predicted molar refractivity (Wildman–Crippen MR) is 123 cm³/mol. The van der Waals surface area contributed by atoms with E-state index in [9.17, 15) is 13.2 Å². The van der Waals surface area contributed by atoms with Crippen molar-refractivity contribution in [1.29, 1.82) is 0 Å². The molecule has 0 fully saturated rings. The van der Waals surface area contributed by atoms with Gasteiger partial charge in [-0.05, 0) is 55.8 Å². The molecule has 1 aromatic carbocycles. The van der Waals surface area contributed by atoms with Crippen LogP contribution < -0.4 is 9.86 Å². The first-order chi connectivity index (χ1) is 15.4. The molecule has 0 saturated carbocycles.